The minimum atomic E-state index is -4.01. The van der Waals surface area contributed by atoms with Gasteiger partial charge in [0.2, 0.25) is 0 Å². The van der Waals surface area contributed by atoms with Gasteiger partial charge in [0, 0.05) is 25.7 Å². The molecule has 20 N–H and O–H groups in total. The number of carbonyl (C=O) groups excluding carboxylic acids is 1. The van der Waals surface area contributed by atoms with Crippen molar-refractivity contribution >= 4 is 5.91 Å². The molecule has 1 saturated carbocycles. The number of aliphatic hydroxyl groups excluding tert-OH is 8. The second kappa shape index (κ2) is 19.8. The lowest BCUT2D eigenvalue weighted by molar-refractivity contribution is -0.290. The summed E-state index contributed by atoms with van der Waals surface area (Å²) in [4.78, 5) is 12.7. The third-order valence-corrected chi connectivity index (χ3v) is 10.1. The normalized spacial score (nSPS) is 43.1. The Morgan fingerprint density at radius 1 is 0.815 bits per heavy atom. The summed E-state index contributed by atoms with van der Waals surface area (Å²) in [5, 5.41) is 87.5. The maximum absolute atomic E-state index is 14.1. The topological polar surface area (TPSA) is 388 Å². The van der Waals surface area contributed by atoms with E-state index >= 15 is 0 Å². The van der Waals surface area contributed by atoms with Crippen molar-refractivity contribution in [1.82, 2.24) is 10.6 Å². The Balaban J connectivity index is 1.55. The zero-order chi connectivity index (χ0) is 40.1. The fraction of sp³-hybridized carbons (Fsp3) is 0.967. The number of carbonyl (C=O) groups is 1. The molecule has 0 radical (unpaired) electrons. The number of hydrogen-bond acceptors (Lipinski definition) is 21. The van der Waals surface area contributed by atoms with E-state index in [4.69, 9.17) is 62.2 Å². The predicted octanol–water partition coefficient (Wildman–Crippen LogP) is -8.74. The van der Waals surface area contributed by atoms with Crippen molar-refractivity contribution in [2.75, 3.05) is 39.4 Å². The molecule has 1 amide bonds. The van der Waals surface area contributed by atoms with Gasteiger partial charge in [0.15, 0.2) is 25.0 Å². The van der Waals surface area contributed by atoms with E-state index < -0.39 is 148 Å². The molecule has 0 aromatic carbocycles. The minimum Gasteiger partial charge on any atom is -0.394 e. The summed E-state index contributed by atoms with van der Waals surface area (Å²) >= 11 is 0. The maximum atomic E-state index is 14.1. The van der Waals surface area contributed by atoms with Crippen molar-refractivity contribution in [2.45, 2.75) is 141 Å². The van der Waals surface area contributed by atoms with E-state index in [1.165, 1.54) is 0 Å². The van der Waals surface area contributed by atoms with Crippen molar-refractivity contribution in [2.24, 2.45) is 28.7 Å². The summed E-state index contributed by atoms with van der Waals surface area (Å²) in [5.41, 5.74) is 29.4. The van der Waals surface area contributed by atoms with E-state index in [9.17, 15) is 49.3 Å². The number of ether oxygens (including phenoxy) is 6. The number of halogens is 2. The van der Waals surface area contributed by atoms with Gasteiger partial charge in [-0.1, -0.05) is 0 Å². The average molecular weight is 794 g/mol. The summed E-state index contributed by atoms with van der Waals surface area (Å²) in [6.07, 6.45) is -21.7. The zero-order valence-corrected chi connectivity index (χ0v) is 29.4. The van der Waals surface area contributed by atoms with Crippen LogP contribution in [0.2, 0.25) is 0 Å². The minimum absolute atomic E-state index is 0.0702. The molecule has 24 heteroatoms. The van der Waals surface area contributed by atoms with Crippen molar-refractivity contribution in [3.8, 4) is 0 Å². The number of aliphatic hydroxyl groups is 8. The van der Waals surface area contributed by atoms with Crippen LogP contribution in [0.4, 0.5) is 8.78 Å². The molecule has 4 fully saturated rings. The molecular formula is C30H57F2N7O15. The maximum Gasteiger partial charge on any atom is 0.294 e. The molecule has 0 aromatic heterocycles. The first kappa shape index (κ1) is 45.2. The molecule has 4 aliphatic rings. The number of nitrogens with two attached hydrogens (primary N) is 5. The molecule has 0 aromatic rings. The van der Waals surface area contributed by atoms with Gasteiger partial charge < -0.3 is 109 Å². The fourth-order valence-electron chi connectivity index (χ4n) is 6.78. The molecule has 0 bridgehead atoms. The largest absolute Gasteiger partial charge is 0.394 e. The molecule has 3 aliphatic heterocycles. The highest BCUT2D eigenvalue weighted by atomic mass is 19.3. The molecule has 316 valence electrons. The van der Waals surface area contributed by atoms with Crippen LogP contribution >= 0.6 is 0 Å². The first-order valence-electron chi connectivity index (χ1n) is 17.8. The average Bonchev–Trinajstić information content (AvgIpc) is 3.45. The Morgan fingerprint density at radius 2 is 1.46 bits per heavy atom. The van der Waals surface area contributed by atoms with Crippen LogP contribution in [0.5, 0.6) is 0 Å². The summed E-state index contributed by atoms with van der Waals surface area (Å²) in [6.45, 7) is -2.50. The van der Waals surface area contributed by atoms with Gasteiger partial charge in [-0.2, -0.15) is 0 Å². The van der Waals surface area contributed by atoms with E-state index in [1.807, 2.05) is 0 Å². The van der Waals surface area contributed by atoms with Gasteiger partial charge in [-0.05, 0) is 19.3 Å². The molecule has 1 unspecified atom stereocenters. The molecule has 0 spiro atoms. The highest BCUT2D eigenvalue weighted by Crippen LogP contribution is 2.35. The first-order valence-corrected chi connectivity index (χ1v) is 17.8. The quantitative estimate of drug-likeness (QED) is 0.0650. The van der Waals surface area contributed by atoms with Crippen LogP contribution in [-0.2, 0) is 33.2 Å². The molecule has 4 rings (SSSR count). The Morgan fingerprint density at radius 3 is 2.09 bits per heavy atom. The molecule has 1 aliphatic carbocycles. The van der Waals surface area contributed by atoms with E-state index in [0.29, 0.717) is 12.8 Å². The number of alkyl halides is 2. The molecule has 22 nitrogen and oxygen atoms in total. The van der Waals surface area contributed by atoms with Crippen LogP contribution in [0.1, 0.15) is 19.3 Å². The van der Waals surface area contributed by atoms with E-state index in [1.54, 1.807) is 0 Å². The van der Waals surface area contributed by atoms with E-state index in [0.717, 1.165) is 0 Å². The predicted molar refractivity (Wildman–Crippen MR) is 176 cm³/mol. The zero-order valence-electron chi connectivity index (χ0n) is 29.4. The van der Waals surface area contributed by atoms with Crippen molar-refractivity contribution in [3.63, 3.8) is 0 Å². The monoisotopic (exact) mass is 793 g/mol. The van der Waals surface area contributed by atoms with Crippen molar-refractivity contribution < 1.29 is 82.8 Å². The lowest BCUT2D eigenvalue weighted by atomic mass is 9.83. The van der Waals surface area contributed by atoms with Gasteiger partial charge in [0.25, 0.3) is 11.8 Å². The van der Waals surface area contributed by atoms with Crippen LogP contribution in [0.3, 0.4) is 0 Å². The highest BCUT2D eigenvalue weighted by Gasteiger charge is 2.54. The Kier molecular flexibility index (Phi) is 16.6. The second-order valence-corrected chi connectivity index (χ2v) is 14.1. The molecule has 3 heterocycles. The number of hydrogen-bond donors (Lipinski definition) is 15. The standard InChI is InChI=1S/C30H57F2N7O15/c31-30(32,9-34)25(47)26(48)39-14-3-13(36)22(52-27-12(35)2-1-11(49-27)6-38-5-10(42)7-40)24(18(14)43)54-29-21(46)23(16(8-41)51-29)53-28-17(37)20(45)19(44)15(4-33)50-28/h10-25,27-29,38,40-47H,1-9,33-37H2,(H,39,48)/t10?,11-,12+,13-,14+,15-,16+,17+,18-,19+,20+,21+,22+,23+,24+,25+,27+,28+,29-/m0/s1. The molecule has 54 heavy (non-hydrogen) atoms. The molecule has 19 atom stereocenters. The van der Waals surface area contributed by atoms with Gasteiger partial charge in [0.1, 0.15) is 54.9 Å². The van der Waals surface area contributed by atoms with Crippen LogP contribution in [0, 0.1) is 0 Å². The van der Waals surface area contributed by atoms with Crippen molar-refractivity contribution in [1.29, 1.82) is 0 Å². The highest BCUT2D eigenvalue weighted by molar-refractivity contribution is 5.82. The Hall–Kier alpha value is -1.47. The fourth-order valence-corrected chi connectivity index (χ4v) is 6.78. The third kappa shape index (κ3) is 10.5. The summed E-state index contributed by atoms with van der Waals surface area (Å²) < 4.78 is 63.6. The Bertz CT molecular complexity index is 1180. The second-order valence-electron chi connectivity index (χ2n) is 14.1. The number of amides is 1. The van der Waals surface area contributed by atoms with E-state index in [-0.39, 0.29) is 26.1 Å². The van der Waals surface area contributed by atoms with Crippen LogP contribution in [0.25, 0.3) is 0 Å². The number of nitrogens with one attached hydrogen (secondary N) is 2. The first-order chi connectivity index (χ1) is 25.5. The van der Waals surface area contributed by atoms with Gasteiger partial charge in [-0.3, -0.25) is 4.79 Å². The summed E-state index contributed by atoms with van der Waals surface area (Å²) in [5.74, 6) is -5.58. The molecular weight excluding hydrogens is 736 g/mol. The summed E-state index contributed by atoms with van der Waals surface area (Å²) in [7, 11) is 0. The van der Waals surface area contributed by atoms with Crippen LogP contribution in [0.15, 0.2) is 0 Å². The van der Waals surface area contributed by atoms with Crippen molar-refractivity contribution in [3.05, 3.63) is 0 Å². The summed E-state index contributed by atoms with van der Waals surface area (Å²) in [6, 6.07) is -4.66. The van der Waals surface area contributed by atoms with E-state index in [2.05, 4.69) is 10.6 Å². The van der Waals surface area contributed by atoms with Gasteiger partial charge in [-0.15, -0.1) is 0 Å². The van der Waals surface area contributed by atoms with Gasteiger partial charge >= 0.3 is 0 Å². The van der Waals surface area contributed by atoms with Gasteiger partial charge in [-0.25, -0.2) is 8.78 Å². The number of rotatable bonds is 17. The smallest absolute Gasteiger partial charge is 0.294 e. The Labute approximate surface area is 309 Å². The van der Waals surface area contributed by atoms with Crippen LogP contribution in [-0.4, -0.2) is 208 Å². The lowest BCUT2D eigenvalue weighted by Gasteiger charge is -2.47. The third-order valence-electron chi connectivity index (χ3n) is 10.1. The molecule has 3 saturated heterocycles. The lowest BCUT2D eigenvalue weighted by Crippen LogP contribution is -2.67. The van der Waals surface area contributed by atoms with Crippen LogP contribution < -0.4 is 39.3 Å². The van der Waals surface area contributed by atoms with Gasteiger partial charge in [0.05, 0.1) is 50.1 Å². The SMILES string of the molecule is NC[C@@H]1O[C@H](O[C@H]2[C@@H](O)[C@H](O[C@@H]3[C@@H](O)[C@H](NC(=O)[C@@H](O)C(F)(F)CN)C[C@H](N)[C@H]3O[C@H]3O[C@H](CNCC(O)CO)CC[C@H]3N)O[C@@H]2CO)[C@H](N)[C@@H](O)[C@@H]1O.